The van der Waals surface area contributed by atoms with Crippen LogP contribution in [0.4, 0.5) is 0 Å². The SMILES string of the molecule is O=C(N[C@H](CO)COCc1ccccc1)C1C=CC=C1. The zero-order valence-corrected chi connectivity index (χ0v) is 11.2. The molecular weight excluding hydrogens is 254 g/mol. The summed E-state index contributed by atoms with van der Waals surface area (Å²) >= 11 is 0. The molecular formula is C16H19NO3. The van der Waals surface area contributed by atoms with E-state index >= 15 is 0 Å². The smallest absolute Gasteiger partial charge is 0.231 e. The Hall–Kier alpha value is -1.91. The predicted octanol–water partition coefficient (Wildman–Crippen LogP) is 1.42. The van der Waals surface area contributed by atoms with Crippen LogP contribution in [0.1, 0.15) is 5.56 Å². The fraction of sp³-hybridized carbons (Fsp3) is 0.312. The molecule has 0 saturated heterocycles. The second-order valence-corrected chi connectivity index (χ2v) is 4.68. The van der Waals surface area contributed by atoms with E-state index < -0.39 is 0 Å². The molecule has 0 radical (unpaired) electrons. The molecule has 106 valence electrons. The van der Waals surface area contributed by atoms with Gasteiger partial charge in [-0.2, -0.15) is 0 Å². The van der Waals surface area contributed by atoms with Gasteiger partial charge in [-0.15, -0.1) is 0 Å². The molecule has 1 aromatic rings. The van der Waals surface area contributed by atoms with E-state index in [1.54, 1.807) is 0 Å². The molecule has 4 nitrogen and oxygen atoms in total. The number of hydrogen-bond donors (Lipinski definition) is 2. The topological polar surface area (TPSA) is 58.6 Å². The highest BCUT2D eigenvalue weighted by atomic mass is 16.5. The molecule has 1 aromatic carbocycles. The highest BCUT2D eigenvalue weighted by Gasteiger charge is 2.18. The zero-order chi connectivity index (χ0) is 14.2. The quantitative estimate of drug-likeness (QED) is 0.790. The predicted molar refractivity (Wildman–Crippen MR) is 76.9 cm³/mol. The van der Waals surface area contributed by atoms with E-state index in [1.165, 1.54) is 0 Å². The van der Waals surface area contributed by atoms with Crippen molar-refractivity contribution in [3.8, 4) is 0 Å². The summed E-state index contributed by atoms with van der Waals surface area (Å²) < 4.78 is 5.53. The first-order valence-electron chi connectivity index (χ1n) is 6.67. The summed E-state index contributed by atoms with van der Waals surface area (Å²) in [6.07, 6.45) is 7.30. The minimum atomic E-state index is -0.381. The number of nitrogens with one attached hydrogen (secondary N) is 1. The van der Waals surface area contributed by atoms with Gasteiger partial charge >= 0.3 is 0 Å². The number of aliphatic hydroxyl groups is 1. The third kappa shape index (κ3) is 4.33. The lowest BCUT2D eigenvalue weighted by molar-refractivity contribution is -0.124. The Kier molecular flexibility index (Phi) is 5.53. The highest BCUT2D eigenvalue weighted by molar-refractivity contribution is 5.83. The van der Waals surface area contributed by atoms with Crippen LogP contribution in [0.2, 0.25) is 0 Å². The van der Waals surface area contributed by atoms with Gasteiger partial charge in [0.05, 0.1) is 31.8 Å². The van der Waals surface area contributed by atoms with E-state index in [0.29, 0.717) is 6.61 Å². The lowest BCUT2D eigenvalue weighted by Gasteiger charge is -2.18. The van der Waals surface area contributed by atoms with E-state index in [-0.39, 0.29) is 31.1 Å². The van der Waals surface area contributed by atoms with Crippen molar-refractivity contribution < 1.29 is 14.6 Å². The molecule has 0 unspecified atom stereocenters. The van der Waals surface area contributed by atoms with Crippen molar-refractivity contribution in [2.45, 2.75) is 12.6 Å². The molecule has 0 bridgehead atoms. The molecule has 0 aromatic heterocycles. The average molecular weight is 273 g/mol. The monoisotopic (exact) mass is 273 g/mol. The Morgan fingerprint density at radius 1 is 1.25 bits per heavy atom. The maximum absolute atomic E-state index is 11.9. The van der Waals surface area contributed by atoms with E-state index in [9.17, 15) is 9.90 Å². The van der Waals surface area contributed by atoms with Crippen LogP contribution in [0.15, 0.2) is 54.6 Å². The van der Waals surface area contributed by atoms with Crippen molar-refractivity contribution >= 4 is 5.91 Å². The number of aliphatic hydroxyl groups excluding tert-OH is 1. The number of carbonyl (C=O) groups excluding carboxylic acids is 1. The Morgan fingerprint density at radius 3 is 2.60 bits per heavy atom. The average Bonchev–Trinajstić information content (AvgIpc) is 3.01. The van der Waals surface area contributed by atoms with E-state index in [1.807, 2.05) is 54.6 Å². The molecule has 0 heterocycles. The first kappa shape index (κ1) is 14.5. The maximum Gasteiger partial charge on any atom is 0.231 e. The summed E-state index contributed by atoms with van der Waals surface area (Å²) in [5.74, 6) is -0.351. The van der Waals surface area contributed by atoms with Crippen molar-refractivity contribution in [3.05, 3.63) is 60.2 Å². The van der Waals surface area contributed by atoms with Crippen LogP contribution in [-0.4, -0.2) is 30.3 Å². The minimum absolute atomic E-state index is 0.114. The lowest BCUT2D eigenvalue weighted by Crippen LogP contribution is -2.42. The first-order valence-corrected chi connectivity index (χ1v) is 6.67. The van der Waals surface area contributed by atoms with Gasteiger partial charge in [0.2, 0.25) is 5.91 Å². The van der Waals surface area contributed by atoms with Gasteiger partial charge in [-0.25, -0.2) is 0 Å². The van der Waals surface area contributed by atoms with Crippen LogP contribution < -0.4 is 5.32 Å². The second kappa shape index (κ2) is 7.62. The number of hydrogen-bond acceptors (Lipinski definition) is 3. The first-order chi connectivity index (χ1) is 9.79. The Morgan fingerprint density at radius 2 is 1.95 bits per heavy atom. The summed E-state index contributed by atoms with van der Waals surface area (Å²) in [4.78, 5) is 11.9. The number of allylic oxidation sites excluding steroid dienone is 2. The summed E-state index contributed by atoms with van der Waals surface area (Å²) in [6, 6.07) is 9.41. The van der Waals surface area contributed by atoms with Crippen molar-refractivity contribution in [1.82, 2.24) is 5.32 Å². The largest absolute Gasteiger partial charge is 0.394 e. The Balaban J connectivity index is 1.73. The summed E-state index contributed by atoms with van der Waals surface area (Å²) in [5.41, 5.74) is 1.07. The summed E-state index contributed by atoms with van der Waals surface area (Å²) in [5, 5.41) is 12.1. The molecule has 0 aliphatic heterocycles. The number of amides is 1. The fourth-order valence-electron chi connectivity index (χ4n) is 1.94. The molecule has 1 aliphatic carbocycles. The van der Waals surface area contributed by atoms with E-state index in [4.69, 9.17) is 4.74 Å². The molecule has 0 saturated carbocycles. The molecule has 0 fully saturated rings. The maximum atomic E-state index is 11.9. The van der Waals surface area contributed by atoms with Gasteiger partial charge < -0.3 is 15.2 Å². The lowest BCUT2D eigenvalue weighted by atomic mass is 10.1. The second-order valence-electron chi connectivity index (χ2n) is 4.68. The van der Waals surface area contributed by atoms with Crippen LogP contribution in [-0.2, 0) is 16.1 Å². The van der Waals surface area contributed by atoms with Crippen LogP contribution in [0, 0.1) is 5.92 Å². The third-order valence-electron chi connectivity index (χ3n) is 3.05. The van der Waals surface area contributed by atoms with Gasteiger partial charge in [0, 0.05) is 0 Å². The van der Waals surface area contributed by atoms with Crippen LogP contribution in [0.5, 0.6) is 0 Å². The highest BCUT2D eigenvalue weighted by Crippen LogP contribution is 2.09. The molecule has 20 heavy (non-hydrogen) atoms. The molecule has 0 spiro atoms. The Labute approximate surface area is 118 Å². The van der Waals surface area contributed by atoms with Crippen molar-refractivity contribution in [2.75, 3.05) is 13.2 Å². The summed E-state index contributed by atoms with van der Waals surface area (Å²) in [7, 11) is 0. The number of rotatable bonds is 7. The Bertz CT molecular complexity index is 470. The van der Waals surface area contributed by atoms with Crippen molar-refractivity contribution in [3.63, 3.8) is 0 Å². The van der Waals surface area contributed by atoms with Gasteiger partial charge in [0.25, 0.3) is 0 Å². The number of benzene rings is 1. The molecule has 1 amide bonds. The van der Waals surface area contributed by atoms with E-state index in [2.05, 4.69) is 5.32 Å². The van der Waals surface area contributed by atoms with Gasteiger partial charge in [0.15, 0.2) is 0 Å². The van der Waals surface area contributed by atoms with Crippen molar-refractivity contribution in [1.29, 1.82) is 0 Å². The fourth-order valence-corrected chi connectivity index (χ4v) is 1.94. The zero-order valence-electron chi connectivity index (χ0n) is 11.2. The summed E-state index contributed by atoms with van der Waals surface area (Å²) in [6.45, 7) is 0.619. The molecule has 1 aliphatic rings. The minimum Gasteiger partial charge on any atom is -0.394 e. The van der Waals surface area contributed by atoms with Crippen LogP contribution in [0.25, 0.3) is 0 Å². The van der Waals surface area contributed by atoms with Gasteiger partial charge in [-0.05, 0) is 5.56 Å². The molecule has 2 N–H and O–H groups in total. The van der Waals surface area contributed by atoms with Gasteiger partial charge in [-0.1, -0.05) is 54.6 Å². The van der Waals surface area contributed by atoms with Gasteiger partial charge in [-0.3, -0.25) is 4.79 Å². The van der Waals surface area contributed by atoms with Crippen LogP contribution >= 0.6 is 0 Å². The molecule has 1 atom stereocenters. The third-order valence-corrected chi connectivity index (χ3v) is 3.05. The van der Waals surface area contributed by atoms with Gasteiger partial charge in [0.1, 0.15) is 0 Å². The normalized spacial score (nSPS) is 15.4. The standard InChI is InChI=1S/C16H19NO3/c18-10-15(17-16(19)14-8-4-5-9-14)12-20-11-13-6-2-1-3-7-13/h1-9,14-15,18H,10-12H2,(H,17,19)/t15-/m1/s1. The molecule has 2 rings (SSSR count). The van der Waals surface area contributed by atoms with E-state index in [0.717, 1.165) is 5.56 Å². The van der Waals surface area contributed by atoms with Crippen LogP contribution in [0.3, 0.4) is 0 Å². The number of carbonyl (C=O) groups is 1. The molecule has 4 heteroatoms. The van der Waals surface area contributed by atoms with Crippen molar-refractivity contribution in [2.24, 2.45) is 5.92 Å². The number of ether oxygens (including phenoxy) is 1.